The van der Waals surface area contributed by atoms with Crippen LogP contribution in [0, 0.1) is 5.92 Å². The third-order valence-electron chi connectivity index (χ3n) is 5.79. The molecular weight excluding hydrogens is 358 g/mol. The van der Waals surface area contributed by atoms with Crippen LogP contribution in [0.3, 0.4) is 0 Å². The van der Waals surface area contributed by atoms with Gasteiger partial charge in [-0.2, -0.15) is 10.1 Å². The number of ether oxygens (including phenoxy) is 1. The molecule has 1 aliphatic heterocycles. The third kappa shape index (κ3) is 4.43. The highest BCUT2D eigenvalue weighted by Gasteiger charge is 2.32. The number of likely N-dealkylation sites (tertiary alicyclic amines) is 1. The first-order valence-corrected chi connectivity index (χ1v) is 10.5. The average Bonchev–Trinajstić information content (AvgIpc) is 3.50. The number of carbonyl (C=O) groups excluding carboxylic acids is 1. The van der Waals surface area contributed by atoms with E-state index in [1.54, 1.807) is 10.7 Å². The minimum atomic E-state index is -0.0326. The lowest BCUT2D eigenvalue weighted by molar-refractivity contribution is 0.0783. The van der Waals surface area contributed by atoms with Gasteiger partial charge in [-0.3, -0.25) is 9.48 Å². The standard InChI is InChI=1S/C20H29N5O3/c1-2-25-11-8-17(22-25)20(26)24-10-7-16(13-24)19-21-18(23-28-19)9-12-27-14-15-5-3-4-6-15/h8,11,15-16H,2-7,9-10,12-14H2,1H3. The summed E-state index contributed by atoms with van der Waals surface area (Å²) in [5.41, 5.74) is 0.494. The van der Waals surface area contributed by atoms with Crippen molar-refractivity contribution in [3.63, 3.8) is 0 Å². The van der Waals surface area contributed by atoms with Crippen molar-refractivity contribution in [2.75, 3.05) is 26.3 Å². The fourth-order valence-corrected chi connectivity index (χ4v) is 4.09. The van der Waals surface area contributed by atoms with Crippen LogP contribution in [0.4, 0.5) is 0 Å². The van der Waals surface area contributed by atoms with Crippen LogP contribution in [0.1, 0.15) is 67.1 Å². The first-order chi connectivity index (χ1) is 13.7. The van der Waals surface area contributed by atoms with E-state index in [1.165, 1.54) is 25.7 Å². The molecule has 3 heterocycles. The molecule has 1 unspecified atom stereocenters. The molecule has 0 aromatic carbocycles. The summed E-state index contributed by atoms with van der Waals surface area (Å²) in [5.74, 6) is 2.10. The lowest BCUT2D eigenvalue weighted by atomic mass is 10.1. The van der Waals surface area contributed by atoms with Crippen LogP contribution < -0.4 is 0 Å². The summed E-state index contributed by atoms with van der Waals surface area (Å²) >= 11 is 0. The van der Waals surface area contributed by atoms with Crippen LogP contribution in [-0.2, 0) is 17.7 Å². The van der Waals surface area contributed by atoms with Gasteiger partial charge in [0.2, 0.25) is 5.89 Å². The Morgan fingerprint density at radius 3 is 2.96 bits per heavy atom. The van der Waals surface area contributed by atoms with Gasteiger partial charge in [0.05, 0.1) is 12.5 Å². The quantitative estimate of drug-likeness (QED) is 0.647. The van der Waals surface area contributed by atoms with E-state index < -0.39 is 0 Å². The van der Waals surface area contributed by atoms with Gasteiger partial charge in [-0.15, -0.1) is 0 Å². The highest BCUT2D eigenvalue weighted by atomic mass is 16.5. The predicted octanol–water partition coefficient (Wildman–Crippen LogP) is 2.67. The normalized spacial score (nSPS) is 20.3. The van der Waals surface area contributed by atoms with E-state index in [2.05, 4.69) is 15.2 Å². The largest absolute Gasteiger partial charge is 0.381 e. The van der Waals surface area contributed by atoms with E-state index in [0.717, 1.165) is 25.5 Å². The van der Waals surface area contributed by atoms with E-state index >= 15 is 0 Å². The van der Waals surface area contributed by atoms with Gasteiger partial charge in [0.1, 0.15) is 5.69 Å². The Balaban J connectivity index is 1.24. The second-order valence-electron chi connectivity index (χ2n) is 7.82. The molecule has 0 radical (unpaired) electrons. The number of rotatable bonds is 8. The van der Waals surface area contributed by atoms with Crippen molar-refractivity contribution >= 4 is 5.91 Å². The zero-order valence-electron chi connectivity index (χ0n) is 16.5. The average molecular weight is 387 g/mol. The third-order valence-corrected chi connectivity index (χ3v) is 5.79. The zero-order chi connectivity index (χ0) is 19.3. The minimum absolute atomic E-state index is 0.0326. The molecular formula is C20H29N5O3. The van der Waals surface area contributed by atoms with Crippen LogP contribution in [0.5, 0.6) is 0 Å². The molecule has 2 aromatic rings. The molecule has 4 rings (SSSR count). The Bertz CT molecular complexity index is 780. The molecule has 28 heavy (non-hydrogen) atoms. The molecule has 2 aromatic heterocycles. The van der Waals surface area contributed by atoms with Crippen LogP contribution in [0.15, 0.2) is 16.8 Å². The van der Waals surface area contributed by atoms with Crippen LogP contribution in [0.2, 0.25) is 0 Å². The molecule has 8 heteroatoms. The number of hydrogen-bond acceptors (Lipinski definition) is 6. The molecule has 1 saturated carbocycles. The molecule has 2 aliphatic rings. The Kier molecular flexibility index (Phi) is 6.04. The topological polar surface area (TPSA) is 86.3 Å². The summed E-state index contributed by atoms with van der Waals surface area (Å²) in [5, 5.41) is 8.39. The van der Waals surface area contributed by atoms with Gasteiger partial charge in [0.15, 0.2) is 5.82 Å². The van der Waals surface area contributed by atoms with Gasteiger partial charge in [0, 0.05) is 38.9 Å². The van der Waals surface area contributed by atoms with Crippen molar-refractivity contribution in [2.24, 2.45) is 5.92 Å². The molecule has 1 saturated heterocycles. The molecule has 1 atom stereocenters. The molecule has 0 spiro atoms. The second-order valence-corrected chi connectivity index (χ2v) is 7.82. The Morgan fingerprint density at radius 2 is 2.18 bits per heavy atom. The Labute approximate surface area is 165 Å². The fourth-order valence-electron chi connectivity index (χ4n) is 4.09. The van der Waals surface area contributed by atoms with E-state index in [4.69, 9.17) is 9.26 Å². The summed E-state index contributed by atoms with van der Waals surface area (Å²) in [6.45, 7) is 5.51. The van der Waals surface area contributed by atoms with Crippen molar-refractivity contribution in [3.8, 4) is 0 Å². The fraction of sp³-hybridized carbons (Fsp3) is 0.700. The molecule has 2 fully saturated rings. The van der Waals surface area contributed by atoms with Crippen molar-refractivity contribution in [1.82, 2.24) is 24.8 Å². The molecule has 0 N–H and O–H groups in total. The van der Waals surface area contributed by atoms with Gasteiger partial charge in [-0.05, 0) is 38.2 Å². The molecule has 0 bridgehead atoms. The summed E-state index contributed by atoms with van der Waals surface area (Å²) < 4.78 is 13.0. The smallest absolute Gasteiger partial charge is 0.274 e. The highest BCUT2D eigenvalue weighted by Crippen LogP contribution is 2.27. The van der Waals surface area contributed by atoms with Crippen molar-refractivity contribution in [1.29, 1.82) is 0 Å². The monoisotopic (exact) mass is 387 g/mol. The van der Waals surface area contributed by atoms with E-state index in [1.807, 2.05) is 18.0 Å². The molecule has 152 valence electrons. The second kappa shape index (κ2) is 8.86. The Hall–Kier alpha value is -2.22. The SMILES string of the molecule is CCn1ccc(C(=O)N2CCC(c3nc(CCOCC4CCCC4)no3)C2)n1. The van der Waals surface area contributed by atoms with E-state index in [-0.39, 0.29) is 11.8 Å². The van der Waals surface area contributed by atoms with Crippen LogP contribution >= 0.6 is 0 Å². The van der Waals surface area contributed by atoms with Crippen molar-refractivity contribution in [2.45, 2.75) is 57.9 Å². The number of aryl methyl sites for hydroxylation is 1. The van der Waals surface area contributed by atoms with Crippen molar-refractivity contribution < 1.29 is 14.1 Å². The number of hydrogen-bond donors (Lipinski definition) is 0. The maximum Gasteiger partial charge on any atom is 0.274 e. The van der Waals surface area contributed by atoms with Crippen LogP contribution in [-0.4, -0.2) is 57.0 Å². The van der Waals surface area contributed by atoms with E-state index in [9.17, 15) is 4.79 Å². The highest BCUT2D eigenvalue weighted by molar-refractivity contribution is 5.92. The first kappa shape index (κ1) is 19.1. The number of nitrogens with zero attached hydrogens (tertiary/aromatic N) is 5. The summed E-state index contributed by atoms with van der Waals surface area (Å²) in [4.78, 5) is 19.0. The van der Waals surface area contributed by atoms with Crippen LogP contribution in [0.25, 0.3) is 0 Å². The summed E-state index contributed by atoms with van der Waals surface area (Å²) in [6, 6.07) is 1.77. The molecule has 1 amide bonds. The lowest BCUT2D eigenvalue weighted by Gasteiger charge is -2.13. The minimum Gasteiger partial charge on any atom is -0.381 e. The van der Waals surface area contributed by atoms with Gasteiger partial charge in [0.25, 0.3) is 5.91 Å². The number of amides is 1. The van der Waals surface area contributed by atoms with Gasteiger partial charge >= 0.3 is 0 Å². The summed E-state index contributed by atoms with van der Waals surface area (Å²) in [6.07, 6.45) is 8.59. The molecule has 1 aliphatic carbocycles. The van der Waals surface area contributed by atoms with Gasteiger partial charge in [-0.1, -0.05) is 18.0 Å². The maximum absolute atomic E-state index is 12.6. The Morgan fingerprint density at radius 1 is 1.32 bits per heavy atom. The summed E-state index contributed by atoms with van der Waals surface area (Å²) in [7, 11) is 0. The predicted molar refractivity (Wildman–Crippen MR) is 102 cm³/mol. The first-order valence-electron chi connectivity index (χ1n) is 10.5. The lowest BCUT2D eigenvalue weighted by Crippen LogP contribution is -2.29. The number of carbonyl (C=O) groups is 1. The maximum atomic E-state index is 12.6. The number of aromatic nitrogens is 4. The van der Waals surface area contributed by atoms with Gasteiger partial charge in [-0.25, -0.2) is 0 Å². The molecule has 8 nitrogen and oxygen atoms in total. The van der Waals surface area contributed by atoms with Crippen molar-refractivity contribution in [3.05, 3.63) is 29.7 Å². The zero-order valence-corrected chi connectivity index (χ0v) is 16.5. The van der Waals surface area contributed by atoms with Gasteiger partial charge < -0.3 is 14.2 Å². The van der Waals surface area contributed by atoms with E-state index in [0.29, 0.717) is 43.5 Å².